The first-order valence-electron chi connectivity index (χ1n) is 5.07. The van der Waals surface area contributed by atoms with Crippen molar-refractivity contribution in [2.75, 3.05) is 6.61 Å². The molecule has 0 unspecified atom stereocenters. The van der Waals surface area contributed by atoms with Crippen LogP contribution in [0.2, 0.25) is 0 Å². The highest BCUT2D eigenvalue weighted by molar-refractivity contribution is 5.91. The van der Waals surface area contributed by atoms with Gasteiger partial charge in [0.2, 0.25) is 0 Å². The fourth-order valence-electron chi connectivity index (χ4n) is 1.12. The number of carbonyl (C=O) groups is 1. The minimum Gasteiger partial charge on any atom is -0.369 e. The van der Waals surface area contributed by atoms with E-state index in [2.05, 4.69) is 9.72 Å². The third-order valence-corrected chi connectivity index (χ3v) is 2.03. The highest BCUT2D eigenvalue weighted by Gasteiger charge is 2.40. The molecule has 0 aliphatic carbocycles. The highest BCUT2D eigenvalue weighted by atomic mass is 19.3. The van der Waals surface area contributed by atoms with Crippen LogP contribution < -0.4 is 11.3 Å². The molecule has 0 aliphatic rings. The highest BCUT2D eigenvalue weighted by Crippen LogP contribution is 2.23. The number of nitrogens with zero attached hydrogens (tertiary/aromatic N) is 1. The number of nitrogen functional groups attached to an aromatic ring is 1. The summed E-state index contributed by atoms with van der Waals surface area (Å²) in [6, 6.07) is 4.18. The average molecular weight is 281 g/mol. The fourth-order valence-corrected chi connectivity index (χ4v) is 1.12. The summed E-state index contributed by atoms with van der Waals surface area (Å²) in [6.45, 7) is -1.85. The minimum absolute atomic E-state index is 0.0378. The van der Waals surface area contributed by atoms with Crippen molar-refractivity contribution in [3.8, 4) is 0 Å². The lowest BCUT2D eigenvalue weighted by molar-refractivity contribution is -0.168. The maximum Gasteiger partial charge on any atom is 0.330 e. The monoisotopic (exact) mass is 281 g/mol. The van der Waals surface area contributed by atoms with Crippen LogP contribution in [0.25, 0.3) is 0 Å². The lowest BCUT2D eigenvalue weighted by atomic mass is 10.3. The number of alkyl halides is 4. The van der Waals surface area contributed by atoms with Crippen LogP contribution in [-0.4, -0.2) is 29.8 Å². The molecular weight excluding hydrogens is 270 g/mol. The van der Waals surface area contributed by atoms with Crippen molar-refractivity contribution in [3.05, 3.63) is 29.6 Å². The molecule has 1 aromatic rings. The summed E-state index contributed by atoms with van der Waals surface area (Å²) < 4.78 is 53.2. The van der Waals surface area contributed by atoms with Crippen LogP contribution in [0.3, 0.4) is 0 Å². The second-order valence-corrected chi connectivity index (χ2v) is 3.54. The number of hydrazine groups is 1. The number of nitrogens with two attached hydrogens (primary N) is 1. The topological polar surface area (TPSA) is 77.2 Å². The summed E-state index contributed by atoms with van der Waals surface area (Å²) in [4.78, 5) is 14.9. The van der Waals surface area contributed by atoms with Gasteiger partial charge in [0.25, 0.3) is 5.91 Å². The van der Waals surface area contributed by atoms with E-state index in [-0.39, 0.29) is 11.4 Å². The standard InChI is InChI=1S/C10H11F4N3O2/c11-9(12)10(13,14)5-19-4-6-2-1-3-7(16-6)8(18)17-15/h1-3,9H,4-5,15H2,(H,17,18). The van der Waals surface area contributed by atoms with E-state index in [1.807, 2.05) is 5.43 Å². The van der Waals surface area contributed by atoms with E-state index >= 15 is 0 Å². The van der Waals surface area contributed by atoms with E-state index in [1.54, 1.807) is 0 Å². The summed E-state index contributed by atoms with van der Waals surface area (Å²) in [7, 11) is 0. The van der Waals surface area contributed by atoms with E-state index < -0.39 is 31.5 Å². The van der Waals surface area contributed by atoms with Crippen molar-refractivity contribution in [2.24, 2.45) is 5.84 Å². The largest absolute Gasteiger partial charge is 0.369 e. The number of carbonyl (C=O) groups excluding carboxylic acids is 1. The predicted molar refractivity (Wildman–Crippen MR) is 56.5 cm³/mol. The molecule has 19 heavy (non-hydrogen) atoms. The van der Waals surface area contributed by atoms with E-state index in [1.165, 1.54) is 18.2 Å². The molecule has 106 valence electrons. The lowest BCUT2D eigenvalue weighted by Crippen LogP contribution is -2.32. The average Bonchev–Trinajstić information content (AvgIpc) is 2.37. The summed E-state index contributed by atoms with van der Waals surface area (Å²) in [5.41, 5.74) is 1.95. The van der Waals surface area contributed by atoms with Crippen molar-refractivity contribution in [1.82, 2.24) is 10.4 Å². The quantitative estimate of drug-likeness (QED) is 0.354. The zero-order chi connectivity index (χ0) is 14.5. The molecule has 1 rings (SSSR count). The number of aromatic nitrogens is 1. The number of nitrogens with one attached hydrogen (secondary N) is 1. The molecule has 0 atom stereocenters. The molecule has 0 saturated carbocycles. The molecule has 0 bridgehead atoms. The third kappa shape index (κ3) is 4.45. The van der Waals surface area contributed by atoms with Crippen LogP contribution in [-0.2, 0) is 11.3 Å². The van der Waals surface area contributed by atoms with Gasteiger partial charge in [-0.1, -0.05) is 6.07 Å². The molecular formula is C10H11F4N3O2. The lowest BCUT2D eigenvalue weighted by Gasteiger charge is -2.14. The van der Waals surface area contributed by atoms with Gasteiger partial charge in [-0.05, 0) is 12.1 Å². The van der Waals surface area contributed by atoms with Crippen molar-refractivity contribution in [1.29, 1.82) is 0 Å². The van der Waals surface area contributed by atoms with Gasteiger partial charge in [0.1, 0.15) is 12.3 Å². The third-order valence-electron chi connectivity index (χ3n) is 2.03. The minimum atomic E-state index is -4.22. The maximum atomic E-state index is 12.5. The first-order chi connectivity index (χ1) is 8.86. The van der Waals surface area contributed by atoms with Crippen LogP contribution in [0.5, 0.6) is 0 Å². The van der Waals surface area contributed by atoms with E-state index in [0.29, 0.717) is 0 Å². The Kier molecular flexibility index (Phi) is 5.19. The molecule has 1 amide bonds. The maximum absolute atomic E-state index is 12.5. The fraction of sp³-hybridized carbons (Fsp3) is 0.400. The molecule has 5 nitrogen and oxygen atoms in total. The van der Waals surface area contributed by atoms with Gasteiger partial charge in [0.05, 0.1) is 12.3 Å². The Bertz CT molecular complexity index is 443. The van der Waals surface area contributed by atoms with E-state index in [9.17, 15) is 22.4 Å². The van der Waals surface area contributed by atoms with Gasteiger partial charge < -0.3 is 4.74 Å². The zero-order valence-corrected chi connectivity index (χ0v) is 9.58. The number of rotatable bonds is 6. The smallest absolute Gasteiger partial charge is 0.330 e. The molecule has 3 N–H and O–H groups in total. The Morgan fingerprint density at radius 2 is 2.16 bits per heavy atom. The summed E-state index contributed by atoms with van der Waals surface area (Å²) in [5.74, 6) is 0.00843. The molecule has 1 heterocycles. The second-order valence-electron chi connectivity index (χ2n) is 3.54. The number of hydrogen-bond donors (Lipinski definition) is 2. The first kappa shape index (κ1) is 15.3. The van der Waals surface area contributed by atoms with Crippen molar-refractivity contribution < 1.29 is 27.1 Å². The van der Waals surface area contributed by atoms with Gasteiger partial charge in [-0.25, -0.2) is 19.6 Å². The Morgan fingerprint density at radius 1 is 1.47 bits per heavy atom. The number of hydrogen-bond acceptors (Lipinski definition) is 4. The van der Waals surface area contributed by atoms with Crippen LogP contribution >= 0.6 is 0 Å². The molecule has 0 spiro atoms. The normalized spacial score (nSPS) is 11.7. The van der Waals surface area contributed by atoms with Gasteiger partial charge >= 0.3 is 12.3 Å². The van der Waals surface area contributed by atoms with Crippen LogP contribution in [0, 0.1) is 0 Å². The van der Waals surface area contributed by atoms with E-state index in [0.717, 1.165) is 0 Å². The number of halogens is 4. The summed E-state index contributed by atoms with van der Waals surface area (Å²) >= 11 is 0. The summed E-state index contributed by atoms with van der Waals surface area (Å²) in [5, 5.41) is 0. The molecule has 9 heteroatoms. The molecule has 0 fully saturated rings. The van der Waals surface area contributed by atoms with E-state index in [4.69, 9.17) is 5.84 Å². The SMILES string of the molecule is NNC(=O)c1cccc(COCC(F)(F)C(F)F)n1. The van der Waals surface area contributed by atoms with Gasteiger partial charge in [0, 0.05) is 0 Å². The summed E-state index contributed by atoms with van der Waals surface area (Å²) in [6.07, 6.45) is -3.80. The van der Waals surface area contributed by atoms with Gasteiger partial charge in [0.15, 0.2) is 0 Å². The number of ether oxygens (including phenoxy) is 1. The number of pyridine rings is 1. The Morgan fingerprint density at radius 3 is 2.74 bits per heavy atom. The number of amides is 1. The van der Waals surface area contributed by atoms with Crippen LogP contribution in [0.1, 0.15) is 16.2 Å². The molecule has 0 radical (unpaired) electrons. The molecule has 0 aliphatic heterocycles. The Balaban J connectivity index is 2.57. The molecule has 1 aromatic heterocycles. The second kappa shape index (κ2) is 6.43. The molecule has 0 saturated heterocycles. The van der Waals surface area contributed by atoms with Crippen molar-refractivity contribution in [3.63, 3.8) is 0 Å². The van der Waals surface area contributed by atoms with Crippen molar-refractivity contribution >= 4 is 5.91 Å². The van der Waals surface area contributed by atoms with Crippen molar-refractivity contribution in [2.45, 2.75) is 19.0 Å². The molecule has 0 aromatic carbocycles. The Hall–Kier alpha value is -1.74. The predicted octanol–water partition coefficient (Wildman–Crippen LogP) is 1.10. The Labute approximate surface area is 105 Å². The van der Waals surface area contributed by atoms with Crippen LogP contribution in [0.15, 0.2) is 18.2 Å². The van der Waals surface area contributed by atoms with Crippen LogP contribution in [0.4, 0.5) is 17.6 Å². The first-order valence-corrected chi connectivity index (χ1v) is 5.07. The van der Waals surface area contributed by atoms with Gasteiger partial charge in [-0.15, -0.1) is 0 Å². The van der Waals surface area contributed by atoms with Gasteiger partial charge in [-0.2, -0.15) is 8.78 Å². The zero-order valence-electron chi connectivity index (χ0n) is 9.58. The van der Waals surface area contributed by atoms with Gasteiger partial charge in [-0.3, -0.25) is 10.2 Å².